The van der Waals surface area contributed by atoms with E-state index in [1.54, 1.807) is 4.90 Å². The molecule has 34 heavy (non-hydrogen) atoms. The number of aryl methyl sites for hydroxylation is 1. The van der Waals surface area contributed by atoms with Crippen molar-refractivity contribution >= 4 is 29.4 Å². The SMILES string of the molecule is Cc1cc2c(cc1OCCCCCC(=O)N(CC(=O)O)C1CCCCC1)N=C1NC(=O)CN1C2. The first-order chi connectivity index (χ1) is 16.4. The highest BCUT2D eigenvalue weighted by Crippen LogP contribution is 2.33. The molecule has 0 unspecified atom stereocenters. The third-order valence-electron chi connectivity index (χ3n) is 6.78. The molecule has 0 aromatic heterocycles. The van der Waals surface area contributed by atoms with Crippen LogP contribution in [0.5, 0.6) is 5.75 Å². The van der Waals surface area contributed by atoms with Gasteiger partial charge in [-0.15, -0.1) is 0 Å². The summed E-state index contributed by atoms with van der Waals surface area (Å²) in [5.74, 6) is 0.348. The maximum Gasteiger partial charge on any atom is 0.323 e. The molecule has 3 aliphatic rings. The lowest BCUT2D eigenvalue weighted by Gasteiger charge is -2.33. The molecule has 4 rings (SSSR count). The Morgan fingerprint density at radius 1 is 1.18 bits per heavy atom. The minimum absolute atomic E-state index is 0.0388. The molecule has 9 nitrogen and oxygen atoms in total. The van der Waals surface area contributed by atoms with Gasteiger partial charge in [0.05, 0.1) is 12.3 Å². The number of carboxylic acids is 1. The van der Waals surface area contributed by atoms with Crippen LogP contribution in [0, 0.1) is 6.92 Å². The van der Waals surface area contributed by atoms with E-state index in [9.17, 15) is 19.5 Å². The van der Waals surface area contributed by atoms with Crippen molar-refractivity contribution < 1.29 is 24.2 Å². The van der Waals surface area contributed by atoms with Crippen molar-refractivity contribution in [3.8, 4) is 5.75 Å². The molecule has 0 spiro atoms. The van der Waals surface area contributed by atoms with Crippen molar-refractivity contribution in [2.24, 2.45) is 4.99 Å². The number of carboxylic acid groups (broad SMARTS) is 1. The summed E-state index contributed by atoms with van der Waals surface area (Å²) in [6, 6.07) is 4.06. The predicted octanol–water partition coefficient (Wildman–Crippen LogP) is 3.11. The van der Waals surface area contributed by atoms with Crippen molar-refractivity contribution in [3.05, 3.63) is 23.3 Å². The van der Waals surface area contributed by atoms with Gasteiger partial charge < -0.3 is 19.6 Å². The number of hydrogen-bond donors (Lipinski definition) is 2. The van der Waals surface area contributed by atoms with E-state index in [1.807, 2.05) is 17.9 Å². The summed E-state index contributed by atoms with van der Waals surface area (Å²) in [7, 11) is 0. The second-order valence-electron chi connectivity index (χ2n) is 9.45. The Hall–Kier alpha value is -3.10. The molecule has 1 aromatic carbocycles. The van der Waals surface area contributed by atoms with Crippen molar-refractivity contribution in [1.82, 2.24) is 15.1 Å². The van der Waals surface area contributed by atoms with Gasteiger partial charge in [0.2, 0.25) is 17.8 Å². The van der Waals surface area contributed by atoms with E-state index in [-0.39, 0.29) is 24.4 Å². The van der Waals surface area contributed by atoms with Crippen LogP contribution in [0.15, 0.2) is 17.1 Å². The molecule has 2 N–H and O–H groups in total. The standard InChI is InChI=1S/C25H34N4O5/c1-17-12-18-14-28-15-22(30)27-25(28)26-20(18)13-21(17)34-11-7-3-6-10-23(31)29(16-24(32)33)19-8-4-2-5-9-19/h12-13,19H,2-11,14-16H2,1H3,(H,32,33)(H,26,27,30). The van der Waals surface area contributed by atoms with Crippen LogP contribution >= 0.6 is 0 Å². The number of guanidine groups is 1. The van der Waals surface area contributed by atoms with Crippen molar-refractivity contribution in [2.75, 3.05) is 19.7 Å². The number of rotatable bonds is 10. The van der Waals surface area contributed by atoms with E-state index in [2.05, 4.69) is 16.4 Å². The van der Waals surface area contributed by atoms with Gasteiger partial charge in [0.15, 0.2) is 0 Å². The Morgan fingerprint density at radius 3 is 2.74 bits per heavy atom. The summed E-state index contributed by atoms with van der Waals surface area (Å²) in [5.41, 5.74) is 2.93. The fraction of sp³-hybridized carbons (Fsp3) is 0.600. The van der Waals surface area contributed by atoms with Crippen LogP contribution in [0.1, 0.15) is 68.9 Å². The largest absolute Gasteiger partial charge is 0.493 e. The second-order valence-corrected chi connectivity index (χ2v) is 9.45. The zero-order chi connectivity index (χ0) is 24.1. The zero-order valence-electron chi connectivity index (χ0n) is 19.8. The van der Waals surface area contributed by atoms with Gasteiger partial charge in [-0.05, 0) is 56.2 Å². The van der Waals surface area contributed by atoms with Crippen LogP contribution in [0.3, 0.4) is 0 Å². The number of benzene rings is 1. The lowest BCUT2D eigenvalue weighted by atomic mass is 9.94. The molecule has 2 amide bonds. The highest BCUT2D eigenvalue weighted by atomic mass is 16.5. The van der Waals surface area contributed by atoms with Gasteiger partial charge in [-0.2, -0.15) is 0 Å². The monoisotopic (exact) mass is 470 g/mol. The number of nitrogens with one attached hydrogen (secondary N) is 1. The zero-order valence-corrected chi connectivity index (χ0v) is 19.8. The number of hydrogen-bond acceptors (Lipinski definition) is 6. The first-order valence-electron chi connectivity index (χ1n) is 12.3. The summed E-state index contributed by atoms with van der Waals surface area (Å²) in [6.45, 7) is 3.34. The number of unbranched alkanes of at least 4 members (excludes halogenated alkanes) is 2. The predicted molar refractivity (Wildman–Crippen MR) is 127 cm³/mol. The Morgan fingerprint density at radius 2 is 1.97 bits per heavy atom. The molecule has 2 fully saturated rings. The normalized spacial score (nSPS) is 17.5. The van der Waals surface area contributed by atoms with Crippen LogP contribution in [-0.4, -0.2) is 64.4 Å². The van der Waals surface area contributed by atoms with Gasteiger partial charge in [0.25, 0.3) is 0 Å². The average Bonchev–Trinajstić information content (AvgIpc) is 3.17. The summed E-state index contributed by atoms with van der Waals surface area (Å²) in [4.78, 5) is 43.7. The van der Waals surface area contributed by atoms with Gasteiger partial charge in [-0.1, -0.05) is 19.3 Å². The summed E-state index contributed by atoms with van der Waals surface area (Å²) in [5, 5.41) is 12.0. The van der Waals surface area contributed by atoms with E-state index in [0.717, 1.165) is 73.9 Å². The molecule has 1 saturated heterocycles. The number of aliphatic carboxylic acids is 1. The fourth-order valence-corrected chi connectivity index (χ4v) is 5.00. The van der Waals surface area contributed by atoms with Crippen LogP contribution in [0.4, 0.5) is 5.69 Å². The minimum Gasteiger partial charge on any atom is -0.493 e. The van der Waals surface area contributed by atoms with E-state index >= 15 is 0 Å². The molecule has 9 heteroatoms. The van der Waals surface area contributed by atoms with E-state index in [1.165, 1.54) is 0 Å². The fourth-order valence-electron chi connectivity index (χ4n) is 5.00. The van der Waals surface area contributed by atoms with E-state index < -0.39 is 5.97 Å². The topological polar surface area (TPSA) is 112 Å². The van der Waals surface area contributed by atoms with Gasteiger partial charge in [-0.3, -0.25) is 19.7 Å². The molecule has 1 aromatic rings. The number of aliphatic imine (C=N–C) groups is 1. The van der Waals surface area contributed by atoms with Crippen molar-refractivity contribution in [1.29, 1.82) is 0 Å². The molecule has 1 saturated carbocycles. The Balaban J connectivity index is 1.22. The Labute approximate surface area is 200 Å². The Bertz CT molecular complexity index is 970. The summed E-state index contributed by atoms with van der Waals surface area (Å²) < 4.78 is 5.99. The maximum atomic E-state index is 12.7. The third-order valence-corrected chi connectivity index (χ3v) is 6.78. The molecular weight excluding hydrogens is 436 g/mol. The second kappa shape index (κ2) is 10.9. The molecule has 2 heterocycles. The number of fused-ring (bicyclic) bond motifs is 2. The smallest absolute Gasteiger partial charge is 0.323 e. The number of ether oxygens (including phenoxy) is 1. The van der Waals surface area contributed by atoms with E-state index in [0.29, 0.717) is 32.1 Å². The third kappa shape index (κ3) is 5.87. The highest BCUT2D eigenvalue weighted by molar-refractivity contribution is 6.05. The summed E-state index contributed by atoms with van der Waals surface area (Å²) >= 11 is 0. The lowest BCUT2D eigenvalue weighted by Crippen LogP contribution is -2.44. The molecule has 1 aliphatic carbocycles. The minimum atomic E-state index is -0.944. The first-order valence-corrected chi connectivity index (χ1v) is 12.3. The first kappa shape index (κ1) is 24.0. The molecule has 0 bridgehead atoms. The van der Waals surface area contributed by atoms with Gasteiger partial charge in [-0.25, -0.2) is 4.99 Å². The molecule has 184 valence electrons. The average molecular weight is 471 g/mol. The number of carbonyl (C=O) groups is 3. The lowest BCUT2D eigenvalue weighted by molar-refractivity contribution is -0.146. The highest BCUT2D eigenvalue weighted by Gasteiger charge is 2.29. The van der Waals surface area contributed by atoms with Crippen LogP contribution in [0.2, 0.25) is 0 Å². The number of nitrogens with zero attached hydrogens (tertiary/aromatic N) is 3. The summed E-state index contributed by atoms with van der Waals surface area (Å²) in [6.07, 6.45) is 7.84. The van der Waals surface area contributed by atoms with Crippen molar-refractivity contribution in [2.45, 2.75) is 77.3 Å². The molecule has 0 radical (unpaired) electrons. The molecule has 0 atom stereocenters. The maximum absolute atomic E-state index is 12.7. The number of amides is 2. The Kier molecular flexibility index (Phi) is 7.70. The quantitative estimate of drug-likeness (QED) is 0.508. The van der Waals surface area contributed by atoms with Crippen LogP contribution in [-0.2, 0) is 20.9 Å². The van der Waals surface area contributed by atoms with Crippen molar-refractivity contribution in [3.63, 3.8) is 0 Å². The van der Waals surface area contributed by atoms with Crippen LogP contribution in [0.25, 0.3) is 0 Å². The van der Waals surface area contributed by atoms with Crippen LogP contribution < -0.4 is 10.1 Å². The van der Waals surface area contributed by atoms with E-state index in [4.69, 9.17) is 4.74 Å². The molecular formula is C25H34N4O5. The van der Waals surface area contributed by atoms with Gasteiger partial charge in [0, 0.05) is 25.1 Å². The van der Waals surface area contributed by atoms with Gasteiger partial charge in [0.1, 0.15) is 18.8 Å². The van der Waals surface area contributed by atoms with Gasteiger partial charge >= 0.3 is 5.97 Å². The number of carbonyl (C=O) groups excluding carboxylic acids is 2. The molecule has 2 aliphatic heterocycles.